The van der Waals surface area contributed by atoms with E-state index < -0.39 is 0 Å². The first kappa shape index (κ1) is 19.3. The molecule has 4 nitrogen and oxygen atoms in total. The Hall–Kier alpha value is -2.46. The van der Waals surface area contributed by atoms with Crippen molar-refractivity contribution in [2.24, 2.45) is 0 Å². The molecule has 0 radical (unpaired) electrons. The van der Waals surface area contributed by atoms with Crippen LogP contribution in [0.25, 0.3) is 0 Å². The minimum Gasteiger partial charge on any atom is -0.299 e. The molecule has 142 valence electrons. The number of rotatable bonds is 9. The predicted octanol–water partition coefficient (Wildman–Crippen LogP) is 4.28. The lowest BCUT2D eigenvalue weighted by molar-refractivity contribution is 0.0651. The maximum Gasteiger partial charge on any atom is 0.261 e. The summed E-state index contributed by atoms with van der Waals surface area (Å²) in [5, 5.41) is 0. The molecule has 1 heterocycles. The van der Waals surface area contributed by atoms with Gasteiger partial charge in [-0.3, -0.25) is 19.4 Å². The van der Waals surface area contributed by atoms with E-state index in [-0.39, 0.29) is 11.8 Å². The zero-order valence-corrected chi connectivity index (χ0v) is 16.3. The molecule has 2 aromatic rings. The summed E-state index contributed by atoms with van der Waals surface area (Å²) in [5.74, 6) is -0.285. The molecule has 2 aromatic carbocycles. The number of hydrogen-bond donors (Lipinski definition) is 0. The molecule has 3 rings (SSSR count). The van der Waals surface area contributed by atoms with Crippen LogP contribution in [0.3, 0.4) is 0 Å². The van der Waals surface area contributed by atoms with Crippen LogP contribution >= 0.6 is 0 Å². The second-order valence-corrected chi connectivity index (χ2v) is 7.23. The highest BCUT2D eigenvalue weighted by atomic mass is 16.2. The number of fused-ring (bicyclic) bond motifs is 1. The van der Waals surface area contributed by atoms with E-state index in [2.05, 4.69) is 36.1 Å². The summed E-state index contributed by atoms with van der Waals surface area (Å²) < 4.78 is 0. The Bertz CT molecular complexity index is 801. The number of nitrogens with zero attached hydrogens (tertiary/aromatic N) is 2. The summed E-state index contributed by atoms with van der Waals surface area (Å²) in [6, 6.07) is 16.0. The fourth-order valence-corrected chi connectivity index (χ4v) is 3.58. The van der Waals surface area contributed by atoms with Gasteiger partial charge in [0.15, 0.2) is 0 Å². The Morgan fingerprint density at radius 3 is 2.37 bits per heavy atom. The molecule has 0 fully saturated rings. The van der Waals surface area contributed by atoms with Gasteiger partial charge in [0.05, 0.1) is 11.1 Å². The number of benzene rings is 2. The third kappa shape index (κ3) is 4.64. The molecule has 0 bridgehead atoms. The standard InChI is InChI=1S/C23H28N2O2/c1-3-24(17-19-10-6-4-7-11-19)14-8-5-9-15-25-22(26)20-13-12-18(2)16-21(20)23(25)27/h4,6-7,10-13,16H,3,5,8-9,14-15,17H2,1-2H3. The minimum atomic E-state index is -0.144. The number of unbranched alkanes of at least 4 members (excludes halogenated alkanes) is 2. The maximum absolute atomic E-state index is 12.5. The minimum absolute atomic E-state index is 0.141. The summed E-state index contributed by atoms with van der Waals surface area (Å²) in [4.78, 5) is 28.8. The predicted molar refractivity (Wildman–Crippen MR) is 108 cm³/mol. The summed E-state index contributed by atoms with van der Waals surface area (Å²) in [6.45, 7) is 7.66. The lowest BCUT2D eigenvalue weighted by Crippen LogP contribution is -2.31. The van der Waals surface area contributed by atoms with Crippen LogP contribution in [0.15, 0.2) is 48.5 Å². The summed E-state index contributed by atoms with van der Waals surface area (Å²) >= 11 is 0. The van der Waals surface area contributed by atoms with Crippen molar-refractivity contribution >= 4 is 11.8 Å². The van der Waals surface area contributed by atoms with Crippen LogP contribution < -0.4 is 0 Å². The van der Waals surface area contributed by atoms with Crippen LogP contribution in [-0.2, 0) is 6.54 Å². The molecule has 0 unspecified atom stereocenters. The fourth-order valence-electron chi connectivity index (χ4n) is 3.58. The van der Waals surface area contributed by atoms with E-state index in [9.17, 15) is 9.59 Å². The van der Waals surface area contributed by atoms with E-state index in [1.54, 1.807) is 6.07 Å². The van der Waals surface area contributed by atoms with Crippen LogP contribution in [0.1, 0.15) is 58.0 Å². The van der Waals surface area contributed by atoms with Gasteiger partial charge in [0.25, 0.3) is 11.8 Å². The van der Waals surface area contributed by atoms with Gasteiger partial charge in [0.1, 0.15) is 0 Å². The molecule has 4 heteroatoms. The number of imide groups is 1. The third-order valence-electron chi connectivity index (χ3n) is 5.18. The van der Waals surface area contributed by atoms with Crippen molar-refractivity contribution in [1.82, 2.24) is 9.80 Å². The largest absolute Gasteiger partial charge is 0.299 e. The zero-order valence-electron chi connectivity index (χ0n) is 16.3. The summed E-state index contributed by atoms with van der Waals surface area (Å²) in [6.07, 6.45) is 2.94. The molecule has 0 aromatic heterocycles. The molecule has 0 saturated carbocycles. The molecule has 0 N–H and O–H groups in total. The lowest BCUT2D eigenvalue weighted by Gasteiger charge is -2.20. The number of carbonyl (C=O) groups excluding carboxylic acids is 2. The summed E-state index contributed by atoms with van der Waals surface area (Å²) in [5.41, 5.74) is 3.45. The van der Waals surface area contributed by atoms with Gasteiger partial charge in [-0.2, -0.15) is 0 Å². The summed E-state index contributed by atoms with van der Waals surface area (Å²) in [7, 11) is 0. The van der Waals surface area contributed by atoms with Crippen molar-refractivity contribution in [3.63, 3.8) is 0 Å². The molecule has 1 aliphatic heterocycles. The van der Waals surface area contributed by atoms with E-state index in [1.807, 2.05) is 25.1 Å². The molecule has 0 atom stereocenters. The van der Waals surface area contributed by atoms with Crippen molar-refractivity contribution < 1.29 is 9.59 Å². The van der Waals surface area contributed by atoms with Crippen molar-refractivity contribution in [1.29, 1.82) is 0 Å². The van der Waals surface area contributed by atoms with Crippen LogP contribution in [0.4, 0.5) is 0 Å². The van der Waals surface area contributed by atoms with Gasteiger partial charge < -0.3 is 0 Å². The second kappa shape index (κ2) is 8.96. The van der Waals surface area contributed by atoms with Crippen LogP contribution in [-0.4, -0.2) is 41.2 Å². The Labute approximate surface area is 161 Å². The molecular formula is C23H28N2O2. The highest BCUT2D eigenvalue weighted by Gasteiger charge is 2.34. The first-order valence-electron chi connectivity index (χ1n) is 9.83. The first-order valence-corrected chi connectivity index (χ1v) is 9.83. The van der Waals surface area contributed by atoms with Gasteiger partial charge in [-0.1, -0.05) is 55.3 Å². The Balaban J connectivity index is 1.43. The van der Waals surface area contributed by atoms with Crippen LogP contribution in [0.5, 0.6) is 0 Å². The molecule has 0 aliphatic carbocycles. The molecule has 1 aliphatic rings. The van der Waals surface area contributed by atoms with Gasteiger partial charge in [-0.15, -0.1) is 0 Å². The van der Waals surface area contributed by atoms with Gasteiger partial charge in [-0.05, 0) is 50.6 Å². The van der Waals surface area contributed by atoms with E-state index in [0.717, 1.165) is 44.5 Å². The van der Waals surface area contributed by atoms with E-state index >= 15 is 0 Å². The SMILES string of the molecule is CCN(CCCCCN1C(=O)c2ccc(C)cc2C1=O)Cc1ccccc1. The second-order valence-electron chi connectivity index (χ2n) is 7.23. The topological polar surface area (TPSA) is 40.6 Å². The van der Waals surface area contributed by atoms with Crippen molar-refractivity contribution in [3.05, 3.63) is 70.8 Å². The van der Waals surface area contributed by atoms with Gasteiger partial charge in [0.2, 0.25) is 0 Å². The van der Waals surface area contributed by atoms with E-state index in [1.165, 1.54) is 10.5 Å². The Morgan fingerprint density at radius 1 is 0.889 bits per heavy atom. The van der Waals surface area contributed by atoms with Crippen LogP contribution in [0.2, 0.25) is 0 Å². The van der Waals surface area contributed by atoms with Gasteiger partial charge >= 0.3 is 0 Å². The number of carbonyl (C=O) groups is 2. The molecule has 0 saturated heterocycles. The average molecular weight is 364 g/mol. The molecule has 0 spiro atoms. The highest BCUT2D eigenvalue weighted by Crippen LogP contribution is 2.24. The third-order valence-corrected chi connectivity index (χ3v) is 5.18. The lowest BCUT2D eigenvalue weighted by atomic mass is 10.1. The maximum atomic E-state index is 12.5. The number of amides is 2. The first-order chi connectivity index (χ1) is 13.1. The molecular weight excluding hydrogens is 336 g/mol. The molecule has 27 heavy (non-hydrogen) atoms. The van der Waals surface area contributed by atoms with Gasteiger partial charge in [0, 0.05) is 13.1 Å². The van der Waals surface area contributed by atoms with Crippen molar-refractivity contribution in [2.45, 2.75) is 39.7 Å². The monoisotopic (exact) mass is 364 g/mol. The van der Waals surface area contributed by atoms with E-state index in [0.29, 0.717) is 17.7 Å². The Morgan fingerprint density at radius 2 is 1.63 bits per heavy atom. The molecule has 2 amide bonds. The quantitative estimate of drug-likeness (QED) is 0.492. The van der Waals surface area contributed by atoms with Crippen LogP contribution in [0, 0.1) is 6.92 Å². The van der Waals surface area contributed by atoms with E-state index in [4.69, 9.17) is 0 Å². The zero-order chi connectivity index (χ0) is 19.2. The number of hydrogen-bond acceptors (Lipinski definition) is 3. The normalized spacial score (nSPS) is 13.5. The van der Waals surface area contributed by atoms with Gasteiger partial charge in [-0.25, -0.2) is 0 Å². The fraction of sp³-hybridized carbons (Fsp3) is 0.391. The number of aryl methyl sites for hydroxylation is 1. The smallest absolute Gasteiger partial charge is 0.261 e. The van der Waals surface area contributed by atoms with Crippen molar-refractivity contribution in [3.8, 4) is 0 Å². The Kier molecular flexibility index (Phi) is 6.40. The van der Waals surface area contributed by atoms with Crippen molar-refractivity contribution in [2.75, 3.05) is 19.6 Å². The highest BCUT2D eigenvalue weighted by molar-refractivity contribution is 6.21. The average Bonchev–Trinajstić information content (AvgIpc) is 2.91.